The highest BCUT2D eigenvalue weighted by atomic mass is 35.5. The van der Waals surface area contributed by atoms with Crippen LogP contribution in [-0.2, 0) is 10.3 Å². The summed E-state index contributed by atoms with van der Waals surface area (Å²) in [6.45, 7) is 1.57. The van der Waals surface area contributed by atoms with E-state index in [2.05, 4.69) is 93.0 Å². The highest BCUT2D eigenvalue weighted by molar-refractivity contribution is 6.31. The summed E-state index contributed by atoms with van der Waals surface area (Å²) >= 11 is 6.42. The van der Waals surface area contributed by atoms with Gasteiger partial charge in [0, 0.05) is 28.3 Å². The predicted molar refractivity (Wildman–Crippen MR) is 155 cm³/mol. The summed E-state index contributed by atoms with van der Waals surface area (Å²) in [6, 6.07) is 33.8. The monoisotopic (exact) mass is 523 g/mol. The van der Waals surface area contributed by atoms with E-state index in [-0.39, 0.29) is 5.92 Å². The van der Waals surface area contributed by atoms with E-state index in [9.17, 15) is 0 Å². The number of hydrogen-bond acceptors (Lipinski definition) is 3. The molecule has 1 fully saturated rings. The van der Waals surface area contributed by atoms with Crippen molar-refractivity contribution in [3.63, 3.8) is 0 Å². The van der Waals surface area contributed by atoms with Crippen LogP contribution in [0.4, 0.5) is 0 Å². The number of fused-ring (bicyclic) bond motifs is 2. The van der Waals surface area contributed by atoms with Crippen LogP contribution >= 0.6 is 11.6 Å². The van der Waals surface area contributed by atoms with Crippen molar-refractivity contribution in [2.24, 2.45) is 0 Å². The van der Waals surface area contributed by atoms with Gasteiger partial charge in [0.15, 0.2) is 6.73 Å². The van der Waals surface area contributed by atoms with E-state index < -0.39 is 5.60 Å². The zero-order valence-electron chi connectivity index (χ0n) is 22.0. The van der Waals surface area contributed by atoms with Crippen LogP contribution in [-0.4, -0.2) is 43.9 Å². The Hall–Kier alpha value is -3.44. The lowest BCUT2D eigenvalue weighted by molar-refractivity contribution is -0.922. The molecule has 1 saturated heterocycles. The van der Waals surface area contributed by atoms with Crippen LogP contribution in [0.5, 0.6) is 5.88 Å². The average Bonchev–Trinajstić information content (AvgIpc) is 2.94. The second-order valence-corrected chi connectivity index (χ2v) is 11.3. The van der Waals surface area contributed by atoms with Crippen molar-refractivity contribution in [3.05, 3.63) is 119 Å². The molecule has 1 aliphatic heterocycles. The summed E-state index contributed by atoms with van der Waals surface area (Å²) in [7, 11) is 6.15. The average molecular weight is 524 g/mol. The van der Waals surface area contributed by atoms with Gasteiger partial charge in [0.2, 0.25) is 5.88 Å². The van der Waals surface area contributed by atoms with Gasteiger partial charge in [-0.3, -0.25) is 0 Å². The van der Waals surface area contributed by atoms with Crippen LogP contribution in [0.25, 0.3) is 21.7 Å². The first-order valence-electron chi connectivity index (χ1n) is 13.0. The fourth-order valence-electron chi connectivity index (χ4n) is 5.95. The Morgan fingerprint density at radius 1 is 0.895 bits per heavy atom. The zero-order chi connectivity index (χ0) is 26.3. The molecule has 0 spiro atoms. The molecule has 192 valence electrons. The zero-order valence-corrected chi connectivity index (χ0v) is 22.8. The van der Waals surface area contributed by atoms with Crippen molar-refractivity contribution in [1.29, 1.82) is 0 Å². The number of benzene rings is 4. The number of pyridine rings is 1. The third-order valence-electron chi connectivity index (χ3n) is 7.88. The summed E-state index contributed by atoms with van der Waals surface area (Å²) in [5.74, 6) is 0.442. The van der Waals surface area contributed by atoms with Crippen molar-refractivity contribution in [3.8, 4) is 5.88 Å². The highest BCUT2D eigenvalue weighted by Gasteiger charge is 2.50. The van der Waals surface area contributed by atoms with E-state index in [4.69, 9.17) is 26.1 Å². The van der Waals surface area contributed by atoms with Crippen LogP contribution in [0.15, 0.2) is 97.1 Å². The number of aromatic nitrogens is 1. The van der Waals surface area contributed by atoms with Crippen LogP contribution in [0.3, 0.4) is 0 Å². The van der Waals surface area contributed by atoms with Crippen molar-refractivity contribution < 1.29 is 14.0 Å². The lowest BCUT2D eigenvalue weighted by atomic mass is 9.70. The van der Waals surface area contributed by atoms with Gasteiger partial charge in [-0.25, -0.2) is 4.98 Å². The van der Waals surface area contributed by atoms with Gasteiger partial charge < -0.3 is 14.0 Å². The first-order valence-corrected chi connectivity index (χ1v) is 13.4. The molecule has 0 bridgehead atoms. The molecule has 1 aromatic heterocycles. The van der Waals surface area contributed by atoms with Crippen LogP contribution in [0, 0.1) is 0 Å². The number of nitrogens with zero attached hydrogens (tertiary/aromatic N) is 2. The minimum atomic E-state index is -0.642. The lowest BCUT2D eigenvalue weighted by Crippen LogP contribution is -2.55. The minimum absolute atomic E-state index is 0.166. The lowest BCUT2D eigenvalue weighted by Gasteiger charge is -2.49. The maximum atomic E-state index is 7.14. The van der Waals surface area contributed by atoms with Gasteiger partial charge >= 0.3 is 0 Å². The van der Waals surface area contributed by atoms with Crippen molar-refractivity contribution >= 4 is 33.3 Å². The first-order chi connectivity index (χ1) is 18.4. The topological polar surface area (TPSA) is 31.4 Å². The summed E-state index contributed by atoms with van der Waals surface area (Å²) in [4.78, 5) is 4.95. The molecular weight excluding hydrogens is 492 g/mol. The summed E-state index contributed by atoms with van der Waals surface area (Å²) in [5.41, 5.74) is 3.56. The van der Waals surface area contributed by atoms with Gasteiger partial charge in [0.25, 0.3) is 0 Å². The number of quaternary nitrogens is 1. The molecule has 0 radical (unpaired) electrons. The van der Waals surface area contributed by atoms with Gasteiger partial charge in [0.05, 0.1) is 33.3 Å². The Morgan fingerprint density at radius 3 is 2.42 bits per heavy atom. The quantitative estimate of drug-likeness (QED) is 0.223. The molecular formula is C33H32ClN2O2+. The smallest absolute Gasteiger partial charge is 0.217 e. The molecule has 0 aliphatic carbocycles. The molecule has 2 unspecified atom stereocenters. The fourth-order valence-corrected chi connectivity index (χ4v) is 6.13. The normalized spacial score (nSPS) is 19.9. The summed E-state index contributed by atoms with van der Waals surface area (Å²) in [5, 5.41) is 4.08. The largest absolute Gasteiger partial charge is 0.481 e. The van der Waals surface area contributed by atoms with E-state index in [1.165, 1.54) is 16.3 Å². The standard InChI is InChI=1S/C33H32ClN2O2/c1-36(2)19-18-33(38-22-36,29-15-9-13-23-10-7-8-14-27(23)29)31(24-11-5-4-6-12-24)28-21-25-20-26(34)16-17-30(25)35-32(28)37-3/h4-17,20-21,31H,18-19,22H2,1-3H3/q+1. The molecule has 38 heavy (non-hydrogen) atoms. The van der Waals surface area contributed by atoms with Gasteiger partial charge in [-0.2, -0.15) is 0 Å². The van der Waals surface area contributed by atoms with E-state index in [0.29, 0.717) is 17.6 Å². The Balaban J connectivity index is 1.68. The molecule has 6 rings (SSSR count). The maximum absolute atomic E-state index is 7.14. The van der Waals surface area contributed by atoms with E-state index >= 15 is 0 Å². The van der Waals surface area contributed by atoms with E-state index in [1.54, 1.807) is 7.11 Å². The number of halogens is 1. The molecule has 4 nitrogen and oxygen atoms in total. The Morgan fingerprint density at radius 2 is 1.66 bits per heavy atom. The molecule has 2 atom stereocenters. The second-order valence-electron chi connectivity index (χ2n) is 10.9. The first kappa shape index (κ1) is 24.9. The summed E-state index contributed by atoms with van der Waals surface area (Å²) < 4.78 is 13.9. The second kappa shape index (κ2) is 9.70. The molecule has 0 saturated carbocycles. The van der Waals surface area contributed by atoms with Crippen LogP contribution in [0.2, 0.25) is 5.02 Å². The Kier molecular flexibility index (Phi) is 6.35. The van der Waals surface area contributed by atoms with Gasteiger partial charge in [-0.05, 0) is 46.2 Å². The molecule has 5 heteroatoms. The number of ether oxygens (including phenoxy) is 2. The molecule has 5 aromatic rings. The third-order valence-corrected chi connectivity index (χ3v) is 8.11. The Bertz CT molecular complexity index is 1600. The number of rotatable bonds is 5. The van der Waals surface area contributed by atoms with Gasteiger partial charge in [0.1, 0.15) is 5.60 Å². The number of hydrogen-bond donors (Lipinski definition) is 0. The molecule has 2 heterocycles. The van der Waals surface area contributed by atoms with Crippen molar-refractivity contribution in [2.75, 3.05) is 34.5 Å². The molecule has 1 aliphatic rings. The Labute approximate surface area is 229 Å². The molecule has 0 amide bonds. The molecule has 4 aromatic carbocycles. The van der Waals surface area contributed by atoms with E-state index in [1.807, 2.05) is 18.2 Å². The van der Waals surface area contributed by atoms with Crippen LogP contribution in [0.1, 0.15) is 29.0 Å². The highest BCUT2D eigenvalue weighted by Crippen LogP contribution is 2.52. The van der Waals surface area contributed by atoms with Gasteiger partial charge in [-0.1, -0.05) is 84.4 Å². The fraction of sp³-hybridized carbons (Fsp3) is 0.242. The predicted octanol–water partition coefficient (Wildman–Crippen LogP) is 7.53. The van der Waals surface area contributed by atoms with Crippen molar-refractivity contribution in [2.45, 2.75) is 17.9 Å². The van der Waals surface area contributed by atoms with Crippen LogP contribution < -0.4 is 4.74 Å². The SMILES string of the molecule is COc1nc2ccc(Cl)cc2cc1C(c1ccccc1)C1(c2cccc3ccccc23)CC[N+](C)(C)CO1. The minimum Gasteiger partial charge on any atom is -0.481 e. The number of methoxy groups -OCH3 is 1. The third kappa shape index (κ3) is 4.33. The van der Waals surface area contributed by atoms with Gasteiger partial charge in [-0.15, -0.1) is 0 Å². The van der Waals surface area contributed by atoms with Crippen molar-refractivity contribution in [1.82, 2.24) is 4.98 Å². The van der Waals surface area contributed by atoms with E-state index in [0.717, 1.165) is 39.5 Å². The summed E-state index contributed by atoms with van der Waals surface area (Å²) in [6.07, 6.45) is 0.838. The maximum Gasteiger partial charge on any atom is 0.217 e. The molecule has 0 N–H and O–H groups in total.